The molecule has 0 fully saturated rings. The summed E-state index contributed by atoms with van der Waals surface area (Å²) in [6.45, 7) is 5.86. The SMILES string of the molecule is CC(C)COC=O.CN.COc1ccc(CNC2=C(N)CCCC2CO)cc1. The van der Waals surface area contributed by atoms with Crippen molar-refractivity contribution in [3.05, 3.63) is 41.2 Å². The molecular formula is C21H37N3O4. The van der Waals surface area contributed by atoms with Crippen LogP contribution in [-0.4, -0.2) is 38.9 Å². The van der Waals surface area contributed by atoms with Crippen LogP contribution >= 0.6 is 0 Å². The van der Waals surface area contributed by atoms with Crippen molar-refractivity contribution >= 4 is 6.47 Å². The molecule has 0 saturated carbocycles. The van der Waals surface area contributed by atoms with E-state index >= 15 is 0 Å². The van der Waals surface area contributed by atoms with Gasteiger partial charge in [0, 0.05) is 23.9 Å². The number of hydrogen-bond donors (Lipinski definition) is 4. The molecule has 1 aliphatic rings. The highest BCUT2D eigenvalue weighted by Gasteiger charge is 2.20. The first-order chi connectivity index (χ1) is 13.5. The normalized spacial score (nSPS) is 15.6. The van der Waals surface area contributed by atoms with E-state index in [-0.39, 0.29) is 12.5 Å². The number of nitrogens with one attached hydrogen (secondary N) is 1. The van der Waals surface area contributed by atoms with Crippen molar-refractivity contribution in [3.8, 4) is 5.75 Å². The molecule has 0 saturated heterocycles. The number of benzene rings is 1. The number of carbonyl (C=O) groups excluding carboxylic acids is 1. The van der Waals surface area contributed by atoms with Gasteiger partial charge in [0.25, 0.3) is 6.47 Å². The van der Waals surface area contributed by atoms with Crippen LogP contribution in [0.3, 0.4) is 0 Å². The Labute approximate surface area is 169 Å². The molecule has 1 unspecified atom stereocenters. The van der Waals surface area contributed by atoms with E-state index in [1.807, 2.05) is 38.1 Å². The number of ether oxygens (including phenoxy) is 2. The first-order valence-electron chi connectivity index (χ1n) is 9.60. The minimum absolute atomic E-state index is 0.158. The highest BCUT2D eigenvalue weighted by atomic mass is 16.5. The number of aliphatic hydroxyl groups excluding tert-OH is 1. The zero-order chi connectivity index (χ0) is 21.4. The zero-order valence-electron chi connectivity index (χ0n) is 17.6. The fourth-order valence-corrected chi connectivity index (χ4v) is 2.69. The van der Waals surface area contributed by atoms with Crippen molar-refractivity contribution < 1.29 is 19.4 Å². The van der Waals surface area contributed by atoms with E-state index in [1.54, 1.807) is 7.11 Å². The second-order valence-corrected chi connectivity index (χ2v) is 6.74. The minimum atomic E-state index is 0.158. The second kappa shape index (κ2) is 15.8. The third kappa shape index (κ3) is 10.2. The maximum Gasteiger partial charge on any atom is 0.293 e. The number of methoxy groups -OCH3 is 1. The maximum absolute atomic E-state index is 9.49. The van der Waals surface area contributed by atoms with Crippen LogP contribution in [0.2, 0.25) is 0 Å². The molecule has 160 valence electrons. The van der Waals surface area contributed by atoms with Crippen LogP contribution in [0.4, 0.5) is 0 Å². The monoisotopic (exact) mass is 395 g/mol. The molecule has 2 rings (SSSR count). The zero-order valence-corrected chi connectivity index (χ0v) is 17.6. The molecule has 0 bridgehead atoms. The molecule has 0 radical (unpaired) electrons. The number of allylic oxidation sites excluding steroid dienone is 1. The molecule has 1 aromatic rings. The summed E-state index contributed by atoms with van der Waals surface area (Å²) in [5, 5.41) is 12.8. The first kappa shape index (κ1) is 25.8. The molecule has 0 aromatic heterocycles. The molecule has 7 nitrogen and oxygen atoms in total. The van der Waals surface area contributed by atoms with E-state index in [2.05, 4.69) is 15.8 Å². The highest BCUT2D eigenvalue weighted by molar-refractivity contribution is 5.36. The summed E-state index contributed by atoms with van der Waals surface area (Å²) in [7, 11) is 3.16. The largest absolute Gasteiger partial charge is 0.497 e. The van der Waals surface area contributed by atoms with Gasteiger partial charge in [0.1, 0.15) is 5.75 Å². The molecule has 1 aromatic carbocycles. The van der Waals surface area contributed by atoms with Gasteiger partial charge >= 0.3 is 0 Å². The molecule has 0 spiro atoms. The lowest BCUT2D eigenvalue weighted by atomic mass is 9.90. The maximum atomic E-state index is 9.49. The fourth-order valence-electron chi connectivity index (χ4n) is 2.69. The van der Waals surface area contributed by atoms with E-state index in [0.29, 0.717) is 19.0 Å². The number of rotatable bonds is 8. The number of carbonyl (C=O) groups is 1. The van der Waals surface area contributed by atoms with Crippen LogP contribution in [-0.2, 0) is 16.1 Å². The summed E-state index contributed by atoms with van der Waals surface area (Å²) in [5.74, 6) is 1.46. The Kier molecular flexibility index (Phi) is 14.5. The van der Waals surface area contributed by atoms with E-state index < -0.39 is 0 Å². The highest BCUT2D eigenvalue weighted by Crippen LogP contribution is 2.26. The molecule has 1 aliphatic carbocycles. The Bertz CT molecular complexity index is 559. The topological polar surface area (TPSA) is 120 Å². The third-order valence-electron chi connectivity index (χ3n) is 4.11. The Balaban J connectivity index is 0.000000688. The Morgan fingerprint density at radius 1 is 1.29 bits per heavy atom. The van der Waals surface area contributed by atoms with Gasteiger partial charge in [0.05, 0.1) is 20.3 Å². The molecule has 0 heterocycles. The standard InChI is InChI=1S/C15H22N2O2.C5H10O2.CH5N/c1-19-13-7-5-11(6-8-13)9-17-15-12(10-18)3-2-4-14(15)16;1-5(2)3-7-4-6;1-2/h5-8,12,17-18H,2-4,9-10,16H2,1H3;4-5H,3H2,1-2H3;2H2,1H3. The molecule has 1 atom stereocenters. The van der Waals surface area contributed by atoms with Gasteiger partial charge in [-0.25, -0.2) is 0 Å². The van der Waals surface area contributed by atoms with Gasteiger partial charge in [-0.1, -0.05) is 26.0 Å². The van der Waals surface area contributed by atoms with Crippen molar-refractivity contribution in [3.63, 3.8) is 0 Å². The van der Waals surface area contributed by atoms with Gasteiger partial charge in [-0.3, -0.25) is 4.79 Å². The van der Waals surface area contributed by atoms with E-state index in [9.17, 15) is 9.90 Å². The van der Waals surface area contributed by atoms with Crippen molar-refractivity contribution in [2.24, 2.45) is 23.3 Å². The first-order valence-corrected chi connectivity index (χ1v) is 9.60. The second-order valence-electron chi connectivity index (χ2n) is 6.74. The smallest absolute Gasteiger partial charge is 0.293 e. The van der Waals surface area contributed by atoms with Crippen LogP contribution in [0.5, 0.6) is 5.75 Å². The van der Waals surface area contributed by atoms with E-state index in [4.69, 9.17) is 10.5 Å². The van der Waals surface area contributed by atoms with Gasteiger partial charge in [-0.05, 0) is 49.9 Å². The summed E-state index contributed by atoms with van der Waals surface area (Å²) in [4.78, 5) is 9.49. The predicted octanol–water partition coefficient (Wildman–Crippen LogP) is 2.14. The van der Waals surface area contributed by atoms with Gasteiger partial charge in [-0.2, -0.15) is 0 Å². The predicted molar refractivity (Wildman–Crippen MR) is 112 cm³/mol. The molecule has 28 heavy (non-hydrogen) atoms. The van der Waals surface area contributed by atoms with Gasteiger partial charge in [0.2, 0.25) is 0 Å². The molecule has 0 aliphatic heterocycles. The van der Waals surface area contributed by atoms with E-state index in [0.717, 1.165) is 43.0 Å². The molecule has 6 N–H and O–H groups in total. The van der Waals surface area contributed by atoms with Crippen molar-refractivity contribution in [2.45, 2.75) is 39.7 Å². The number of nitrogens with two attached hydrogens (primary N) is 2. The fraction of sp³-hybridized carbons (Fsp3) is 0.571. The van der Waals surface area contributed by atoms with Crippen molar-refractivity contribution in [1.29, 1.82) is 0 Å². The van der Waals surface area contributed by atoms with Crippen molar-refractivity contribution in [1.82, 2.24) is 5.32 Å². The molecule has 0 amide bonds. The van der Waals surface area contributed by atoms with Crippen LogP contribution in [0.15, 0.2) is 35.7 Å². The number of aliphatic hydroxyl groups is 1. The van der Waals surface area contributed by atoms with Gasteiger partial charge in [-0.15, -0.1) is 0 Å². The van der Waals surface area contributed by atoms with Crippen LogP contribution in [0.1, 0.15) is 38.7 Å². The summed E-state index contributed by atoms with van der Waals surface area (Å²) in [6, 6.07) is 7.94. The third-order valence-corrected chi connectivity index (χ3v) is 4.11. The summed E-state index contributed by atoms with van der Waals surface area (Å²) < 4.78 is 9.55. The summed E-state index contributed by atoms with van der Waals surface area (Å²) in [6.07, 6.45) is 2.98. The summed E-state index contributed by atoms with van der Waals surface area (Å²) in [5.41, 5.74) is 13.6. The minimum Gasteiger partial charge on any atom is -0.497 e. The average molecular weight is 396 g/mol. The Morgan fingerprint density at radius 3 is 2.39 bits per heavy atom. The van der Waals surface area contributed by atoms with Crippen LogP contribution < -0.4 is 21.5 Å². The molecular weight excluding hydrogens is 358 g/mol. The Hall–Kier alpha value is -2.25. The lowest BCUT2D eigenvalue weighted by molar-refractivity contribution is -0.129. The lowest BCUT2D eigenvalue weighted by Gasteiger charge is -2.26. The lowest BCUT2D eigenvalue weighted by Crippen LogP contribution is -2.29. The molecule has 7 heteroatoms. The van der Waals surface area contributed by atoms with Gasteiger partial charge in [0.15, 0.2) is 0 Å². The summed E-state index contributed by atoms with van der Waals surface area (Å²) >= 11 is 0. The average Bonchev–Trinajstić information content (AvgIpc) is 2.73. The van der Waals surface area contributed by atoms with E-state index in [1.165, 1.54) is 12.6 Å². The van der Waals surface area contributed by atoms with Gasteiger partial charge < -0.3 is 31.4 Å². The van der Waals surface area contributed by atoms with Crippen LogP contribution in [0.25, 0.3) is 0 Å². The van der Waals surface area contributed by atoms with Crippen LogP contribution in [0, 0.1) is 11.8 Å². The number of hydrogen-bond acceptors (Lipinski definition) is 7. The Morgan fingerprint density at radius 2 is 1.93 bits per heavy atom. The quantitative estimate of drug-likeness (QED) is 0.498. The van der Waals surface area contributed by atoms with Crippen molar-refractivity contribution in [2.75, 3.05) is 27.4 Å².